The van der Waals surface area contributed by atoms with Crippen molar-refractivity contribution in [1.82, 2.24) is 0 Å². The van der Waals surface area contributed by atoms with Crippen LogP contribution in [0.2, 0.25) is 0 Å². The number of allylic oxidation sites excluding steroid dienone is 2. The van der Waals surface area contributed by atoms with E-state index in [0.29, 0.717) is 28.1 Å². The van der Waals surface area contributed by atoms with Crippen molar-refractivity contribution >= 4 is 28.8 Å². The highest BCUT2D eigenvalue weighted by molar-refractivity contribution is 6.03. The Morgan fingerprint density at radius 2 is 1.70 bits per heavy atom. The van der Waals surface area contributed by atoms with Crippen molar-refractivity contribution in [2.45, 2.75) is 32.0 Å². The maximum Gasteiger partial charge on any atom is 0.416 e. The number of alkyl halides is 3. The Morgan fingerprint density at radius 1 is 1.05 bits per heavy atom. The molecular formula is C29H25F3N2O3. The minimum absolute atomic E-state index is 0.0765. The smallest absolute Gasteiger partial charge is 0.383 e. The van der Waals surface area contributed by atoms with E-state index in [1.807, 2.05) is 31.2 Å². The van der Waals surface area contributed by atoms with Crippen LogP contribution in [0.3, 0.4) is 0 Å². The Balaban J connectivity index is 1.59. The molecule has 190 valence electrons. The first-order valence-corrected chi connectivity index (χ1v) is 11.7. The zero-order valence-electron chi connectivity index (χ0n) is 20.0. The summed E-state index contributed by atoms with van der Waals surface area (Å²) in [6.45, 7) is 2.03. The van der Waals surface area contributed by atoms with Crippen molar-refractivity contribution in [1.29, 1.82) is 0 Å². The summed E-state index contributed by atoms with van der Waals surface area (Å²) in [5.74, 6) is -0.937. The maximum absolute atomic E-state index is 13.0. The number of benzene rings is 3. The first kappa shape index (κ1) is 25.9. The predicted molar refractivity (Wildman–Crippen MR) is 137 cm³/mol. The van der Waals surface area contributed by atoms with E-state index in [-0.39, 0.29) is 6.42 Å². The van der Waals surface area contributed by atoms with Gasteiger partial charge in [0.05, 0.1) is 5.56 Å². The predicted octanol–water partition coefficient (Wildman–Crippen LogP) is 5.75. The molecule has 0 saturated carbocycles. The number of fused-ring (bicyclic) bond motifs is 1. The first-order chi connectivity index (χ1) is 17.7. The van der Waals surface area contributed by atoms with Gasteiger partial charge in [0.25, 0.3) is 5.91 Å². The molecular weight excluding hydrogens is 481 g/mol. The van der Waals surface area contributed by atoms with Gasteiger partial charge in [-0.25, -0.2) is 0 Å². The van der Waals surface area contributed by atoms with E-state index in [4.69, 9.17) is 0 Å². The molecule has 0 radical (unpaired) electrons. The SMILES string of the molecule is CCc1ccc(C(=CC=CC(=O)Nc2cccc3c2CC(O)C(=O)N3)c2ccc(C(F)(F)F)cc2)cc1. The number of nitrogens with one attached hydrogen (secondary N) is 2. The molecule has 0 spiro atoms. The highest BCUT2D eigenvalue weighted by Gasteiger charge is 2.30. The molecule has 1 unspecified atom stereocenters. The zero-order valence-corrected chi connectivity index (χ0v) is 20.0. The van der Waals surface area contributed by atoms with Crippen LogP contribution in [0, 0.1) is 0 Å². The molecule has 0 aliphatic carbocycles. The first-order valence-electron chi connectivity index (χ1n) is 11.7. The molecule has 0 saturated heterocycles. The summed E-state index contributed by atoms with van der Waals surface area (Å²) in [5.41, 5.74) is 4.02. The summed E-state index contributed by atoms with van der Waals surface area (Å²) in [6.07, 6.45) is -0.193. The minimum atomic E-state index is -4.43. The van der Waals surface area contributed by atoms with Gasteiger partial charge in [-0.2, -0.15) is 13.2 Å². The lowest BCUT2D eigenvalue weighted by atomic mass is 9.95. The van der Waals surface area contributed by atoms with E-state index >= 15 is 0 Å². The Kier molecular flexibility index (Phi) is 7.59. The Bertz CT molecular complexity index is 1360. The van der Waals surface area contributed by atoms with Crippen LogP contribution >= 0.6 is 0 Å². The van der Waals surface area contributed by atoms with E-state index in [9.17, 15) is 27.9 Å². The number of aliphatic hydroxyl groups is 1. The van der Waals surface area contributed by atoms with Gasteiger partial charge in [-0.05, 0) is 52.9 Å². The number of hydrogen-bond acceptors (Lipinski definition) is 3. The van der Waals surface area contributed by atoms with Crippen LogP contribution in [-0.4, -0.2) is 23.0 Å². The summed E-state index contributed by atoms with van der Waals surface area (Å²) in [4.78, 5) is 24.3. The molecule has 3 N–H and O–H groups in total. The van der Waals surface area contributed by atoms with E-state index < -0.39 is 29.7 Å². The van der Waals surface area contributed by atoms with Crippen LogP contribution in [0.4, 0.5) is 24.5 Å². The maximum atomic E-state index is 13.0. The summed E-state index contributed by atoms with van der Waals surface area (Å²) in [7, 11) is 0. The molecule has 4 rings (SSSR count). The third-order valence-electron chi connectivity index (χ3n) is 6.10. The fourth-order valence-corrected chi connectivity index (χ4v) is 4.07. The van der Waals surface area contributed by atoms with E-state index in [1.165, 1.54) is 24.3 Å². The van der Waals surface area contributed by atoms with Gasteiger partial charge in [0.2, 0.25) is 5.91 Å². The monoisotopic (exact) mass is 506 g/mol. The molecule has 1 aliphatic rings. The second kappa shape index (κ2) is 10.8. The molecule has 37 heavy (non-hydrogen) atoms. The molecule has 3 aromatic rings. The van der Waals surface area contributed by atoms with Crippen LogP contribution in [0.25, 0.3) is 5.57 Å². The molecule has 3 aromatic carbocycles. The lowest BCUT2D eigenvalue weighted by Gasteiger charge is -2.23. The lowest BCUT2D eigenvalue weighted by Crippen LogP contribution is -2.34. The summed E-state index contributed by atoms with van der Waals surface area (Å²) >= 11 is 0. The van der Waals surface area contributed by atoms with Crippen LogP contribution < -0.4 is 10.6 Å². The van der Waals surface area contributed by atoms with Gasteiger partial charge in [-0.15, -0.1) is 0 Å². The molecule has 2 amide bonds. The largest absolute Gasteiger partial charge is 0.416 e. The number of halogens is 3. The van der Waals surface area contributed by atoms with Gasteiger partial charge in [-0.1, -0.05) is 61.5 Å². The number of aryl methyl sites for hydroxylation is 1. The van der Waals surface area contributed by atoms with Crippen molar-refractivity contribution in [3.63, 3.8) is 0 Å². The minimum Gasteiger partial charge on any atom is -0.383 e. The van der Waals surface area contributed by atoms with E-state index in [2.05, 4.69) is 10.6 Å². The molecule has 8 heteroatoms. The molecule has 1 aliphatic heterocycles. The van der Waals surface area contributed by atoms with Gasteiger partial charge >= 0.3 is 6.18 Å². The van der Waals surface area contributed by atoms with Crippen molar-refractivity contribution in [2.75, 3.05) is 10.6 Å². The number of hydrogen-bond donors (Lipinski definition) is 3. The van der Waals surface area contributed by atoms with Crippen molar-refractivity contribution in [3.05, 3.63) is 113 Å². The average Bonchev–Trinajstić information content (AvgIpc) is 2.87. The summed E-state index contributed by atoms with van der Waals surface area (Å²) < 4.78 is 39.1. The summed E-state index contributed by atoms with van der Waals surface area (Å²) in [6, 6.07) is 17.6. The van der Waals surface area contributed by atoms with Gasteiger partial charge in [0.15, 0.2) is 0 Å². The van der Waals surface area contributed by atoms with Gasteiger partial charge < -0.3 is 15.7 Å². The number of anilines is 2. The topological polar surface area (TPSA) is 78.4 Å². The fraction of sp³-hybridized carbons (Fsp3) is 0.172. The second-order valence-electron chi connectivity index (χ2n) is 8.60. The molecule has 5 nitrogen and oxygen atoms in total. The fourth-order valence-electron chi connectivity index (χ4n) is 4.07. The molecule has 0 fully saturated rings. The van der Waals surface area contributed by atoms with Crippen molar-refractivity contribution < 1.29 is 27.9 Å². The summed E-state index contributed by atoms with van der Waals surface area (Å²) in [5, 5.41) is 15.2. The van der Waals surface area contributed by atoms with E-state index in [0.717, 1.165) is 29.7 Å². The highest BCUT2D eigenvalue weighted by atomic mass is 19.4. The van der Waals surface area contributed by atoms with Gasteiger partial charge in [0, 0.05) is 29.4 Å². The Morgan fingerprint density at radius 3 is 2.32 bits per heavy atom. The molecule has 0 bridgehead atoms. The quantitative estimate of drug-likeness (QED) is 0.294. The number of amides is 2. The Labute approximate surface area is 212 Å². The molecule has 0 aromatic heterocycles. The number of carbonyl (C=O) groups excluding carboxylic acids is 2. The number of rotatable bonds is 6. The van der Waals surface area contributed by atoms with Crippen LogP contribution in [0.15, 0.2) is 85.0 Å². The number of aliphatic hydroxyl groups excluding tert-OH is 1. The van der Waals surface area contributed by atoms with Gasteiger partial charge in [0.1, 0.15) is 6.10 Å². The second-order valence-corrected chi connectivity index (χ2v) is 8.60. The Hall–Kier alpha value is -4.17. The van der Waals surface area contributed by atoms with Crippen LogP contribution in [0.1, 0.15) is 34.7 Å². The zero-order chi connectivity index (χ0) is 26.6. The third kappa shape index (κ3) is 6.16. The standard InChI is InChI=1S/C29H25F3N2O3/c1-2-18-9-11-19(12-10-18)22(20-13-15-21(16-14-20)29(30,31)32)5-3-8-27(36)33-24-6-4-7-25-23(24)17-26(35)28(37)34-25/h3-16,26,35H,2,17H2,1H3,(H,33,36)(H,34,37). The van der Waals surface area contributed by atoms with Crippen molar-refractivity contribution in [3.8, 4) is 0 Å². The normalized spacial score (nSPS) is 15.9. The van der Waals surface area contributed by atoms with E-state index in [1.54, 1.807) is 24.3 Å². The lowest BCUT2D eigenvalue weighted by molar-refractivity contribution is -0.137. The molecule has 1 atom stereocenters. The highest BCUT2D eigenvalue weighted by Crippen LogP contribution is 2.32. The van der Waals surface area contributed by atoms with Crippen molar-refractivity contribution in [2.24, 2.45) is 0 Å². The van der Waals surface area contributed by atoms with Gasteiger partial charge in [-0.3, -0.25) is 9.59 Å². The average molecular weight is 507 g/mol. The third-order valence-corrected chi connectivity index (χ3v) is 6.10. The van der Waals surface area contributed by atoms with Crippen LogP contribution in [0.5, 0.6) is 0 Å². The number of carbonyl (C=O) groups is 2. The molecule has 1 heterocycles. The van der Waals surface area contributed by atoms with Crippen LogP contribution in [-0.2, 0) is 28.6 Å².